The topological polar surface area (TPSA) is 157 Å². The standard InChI is InChI=1S/C18H19N3O.C4H6O6/c1-15-8-9-18(22-15)14-21(12-16-6-2-4-10-19-16)13-17-7-3-5-11-20-17;5-1(3(7)8)2(6)4(9)10/h2-11H,12-14H2,1H3;1-2,5-6H,(H,7,8)(H,9,10). The molecule has 0 aromatic carbocycles. The van der Waals surface area contributed by atoms with Crippen molar-refractivity contribution in [3.05, 3.63) is 83.8 Å². The number of aliphatic hydroxyl groups excluding tert-OH is 2. The fraction of sp³-hybridized carbons (Fsp3) is 0.273. The Kier molecular flexibility index (Phi) is 9.48. The molecule has 3 aromatic heterocycles. The van der Waals surface area contributed by atoms with E-state index >= 15 is 0 Å². The third-order valence-corrected chi connectivity index (χ3v) is 4.20. The molecule has 2 unspecified atom stereocenters. The summed E-state index contributed by atoms with van der Waals surface area (Å²) in [6.45, 7) is 4.22. The van der Waals surface area contributed by atoms with Crippen molar-refractivity contribution in [3.8, 4) is 0 Å². The molecule has 0 bridgehead atoms. The summed E-state index contributed by atoms with van der Waals surface area (Å²) in [5.74, 6) is -1.64. The summed E-state index contributed by atoms with van der Waals surface area (Å²) in [5.41, 5.74) is 2.09. The summed E-state index contributed by atoms with van der Waals surface area (Å²) in [5, 5.41) is 32.5. The summed E-state index contributed by atoms with van der Waals surface area (Å²) in [6.07, 6.45) is -0.883. The number of pyridine rings is 2. The lowest BCUT2D eigenvalue weighted by Gasteiger charge is -2.20. The number of aliphatic carboxylic acids is 2. The Morgan fingerprint density at radius 3 is 1.69 bits per heavy atom. The average Bonchev–Trinajstić information content (AvgIpc) is 3.18. The minimum Gasteiger partial charge on any atom is -0.479 e. The van der Waals surface area contributed by atoms with Crippen molar-refractivity contribution in [1.29, 1.82) is 0 Å². The van der Waals surface area contributed by atoms with Gasteiger partial charge in [0.1, 0.15) is 11.5 Å². The Bertz CT molecular complexity index is 920. The monoisotopic (exact) mass is 443 g/mol. The highest BCUT2D eigenvalue weighted by atomic mass is 16.4. The Morgan fingerprint density at radius 2 is 1.34 bits per heavy atom. The molecule has 4 N–H and O–H groups in total. The first kappa shape index (κ1) is 24.7. The molecule has 0 spiro atoms. The van der Waals surface area contributed by atoms with Gasteiger partial charge in [0, 0.05) is 25.5 Å². The molecule has 2 atom stereocenters. The highest BCUT2D eigenvalue weighted by Gasteiger charge is 2.29. The van der Waals surface area contributed by atoms with Gasteiger partial charge < -0.3 is 24.8 Å². The number of hydrogen-bond donors (Lipinski definition) is 4. The van der Waals surface area contributed by atoms with Gasteiger partial charge in [-0.15, -0.1) is 0 Å². The van der Waals surface area contributed by atoms with Crippen LogP contribution in [0.1, 0.15) is 22.9 Å². The molecule has 0 saturated carbocycles. The van der Waals surface area contributed by atoms with Crippen molar-refractivity contribution in [3.63, 3.8) is 0 Å². The molecule has 3 rings (SSSR count). The van der Waals surface area contributed by atoms with Gasteiger partial charge in [0.25, 0.3) is 0 Å². The van der Waals surface area contributed by atoms with Gasteiger partial charge >= 0.3 is 11.9 Å². The molecule has 0 aliphatic rings. The lowest BCUT2D eigenvalue weighted by atomic mass is 10.2. The predicted molar refractivity (Wildman–Crippen MR) is 112 cm³/mol. The smallest absolute Gasteiger partial charge is 0.335 e. The third-order valence-electron chi connectivity index (χ3n) is 4.20. The number of rotatable bonds is 9. The molecule has 0 fully saturated rings. The minimum absolute atomic E-state index is 0.737. The molecule has 0 saturated heterocycles. The summed E-state index contributed by atoms with van der Waals surface area (Å²) < 4.78 is 5.71. The molecule has 3 heterocycles. The van der Waals surface area contributed by atoms with Crippen molar-refractivity contribution in [2.75, 3.05) is 0 Å². The van der Waals surface area contributed by atoms with Crippen LogP contribution in [0.15, 0.2) is 65.3 Å². The largest absolute Gasteiger partial charge is 0.479 e. The van der Waals surface area contributed by atoms with E-state index in [1.165, 1.54) is 0 Å². The molecular formula is C22H25N3O7. The number of aromatic nitrogens is 2. The molecule has 32 heavy (non-hydrogen) atoms. The van der Waals surface area contributed by atoms with Crippen molar-refractivity contribution in [2.45, 2.75) is 38.8 Å². The molecule has 10 nitrogen and oxygen atoms in total. The van der Waals surface area contributed by atoms with E-state index in [1.54, 1.807) is 0 Å². The van der Waals surface area contributed by atoms with Gasteiger partial charge in [-0.1, -0.05) is 12.1 Å². The SMILES string of the molecule is Cc1ccc(CN(Cc2ccccn2)Cc2ccccn2)o1.O=C(O)C(O)C(O)C(=O)O. The van der Waals surface area contributed by atoms with Gasteiger partial charge in [0.2, 0.25) is 0 Å². The quantitative estimate of drug-likeness (QED) is 0.381. The van der Waals surface area contributed by atoms with Crippen LogP contribution in [-0.2, 0) is 29.2 Å². The second kappa shape index (κ2) is 12.3. The van der Waals surface area contributed by atoms with E-state index in [1.807, 2.05) is 67.8 Å². The Hall–Kier alpha value is -3.60. The van der Waals surface area contributed by atoms with Crippen molar-refractivity contribution >= 4 is 11.9 Å². The van der Waals surface area contributed by atoms with Gasteiger partial charge in [-0.3, -0.25) is 14.9 Å². The first-order chi connectivity index (χ1) is 15.3. The van der Waals surface area contributed by atoms with Crippen LogP contribution in [0.5, 0.6) is 0 Å². The van der Waals surface area contributed by atoms with Gasteiger partial charge in [-0.25, -0.2) is 9.59 Å². The van der Waals surface area contributed by atoms with Crippen LogP contribution < -0.4 is 0 Å². The number of aryl methyl sites for hydroxylation is 1. The fourth-order valence-electron chi connectivity index (χ4n) is 2.67. The van der Waals surface area contributed by atoms with Crippen LogP contribution in [0.25, 0.3) is 0 Å². The normalized spacial score (nSPS) is 12.5. The number of nitrogens with zero attached hydrogens (tertiary/aromatic N) is 3. The molecule has 10 heteroatoms. The number of carboxylic acid groups (broad SMARTS) is 2. The number of furan rings is 1. The van der Waals surface area contributed by atoms with Crippen LogP contribution in [0.4, 0.5) is 0 Å². The van der Waals surface area contributed by atoms with E-state index in [0.29, 0.717) is 0 Å². The first-order valence-electron chi connectivity index (χ1n) is 9.65. The highest BCUT2D eigenvalue weighted by molar-refractivity contribution is 5.83. The molecule has 3 aromatic rings. The molecule has 170 valence electrons. The van der Waals surface area contributed by atoms with E-state index in [9.17, 15) is 9.59 Å². The van der Waals surface area contributed by atoms with E-state index in [-0.39, 0.29) is 0 Å². The second-order valence-electron chi connectivity index (χ2n) is 6.87. The van der Waals surface area contributed by atoms with Gasteiger partial charge in [0.15, 0.2) is 12.2 Å². The van der Waals surface area contributed by atoms with E-state index in [4.69, 9.17) is 24.8 Å². The van der Waals surface area contributed by atoms with Crippen molar-refractivity contribution < 1.29 is 34.4 Å². The number of aliphatic hydroxyl groups is 2. The first-order valence-corrected chi connectivity index (χ1v) is 9.65. The number of carbonyl (C=O) groups is 2. The Balaban J connectivity index is 0.000000309. The maximum absolute atomic E-state index is 9.77. The number of hydrogen-bond acceptors (Lipinski definition) is 8. The summed E-state index contributed by atoms with van der Waals surface area (Å²) >= 11 is 0. The molecule has 0 aliphatic carbocycles. The van der Waals surface area contributed by atoms with Crippen LogP contribution in [0, 0.1) is 6.92 Å². The Labute approximate surface area is 184 Å². The maximum Gasteiger partial charge on any atom is 0.335 e. The van der Waals surface area contributed by atoms with Gasteiger partial charge in [0.05, 0.1) is 17.9 Å². The zero-order valence-corrected chi connectivity index (χ0v) is 17.4. The lowest BCUT2D eigenvalue weighted by molar-refractivity contribution is -0.165. The summed E-state index contributed by atoms with van der Waals surface area (Å²) in [6, 6.07) is 16.0. The van der Waals surface area contributed by atoms with E-state index < -0.39 is 24.1 Å². The van der Waals surface area contributed by atoms with Crippen LogP contribution >= 0.6 is 0 Å². The lowest BCUT2D eigenvalue weighted by Crippen LogP contribution is -2.39. The summed E-state index contributed by atoms with van der Waals surface area (Å²) in [4.78, 5) is 30.7. The van der Waals surface area contributed by atoms with Gasteiger partial charge in [-0.05, 0) is 43.3 Å². The maximum atomic E-state index is 9.77. The van der Waals surface area contributed by atoms with Crippen LogP contribution in [-0.4, -0.2) is 59.4 Å². The summed E-state index contributed by atoms with van der Waals surface area (Å²) in [7, 11) is 0. The number of carboxylic acids is 2. The fourth-order valence-corrected chi connectivity index (χ4v) is 2.67. The second-order valence-corrected chi connectivity index (χ2v) is 6.87. The zero-order chi connectivity index (χ0) is 23.5. The molecule has 0 radical (unpaired) electrons. The van der Waals surface area contributed by atoms with E-state index in [2.05, 4.69) is 14.9 Å². The van der Waals surface area contributed by atoms with Crippen molar-refractivity contribution in [2.24, 2.45) is 0 Å². The minimum atomic E-state index is -2.27. The van der Waals surface area contributed by atoms with Gasteiger partial charge in [-0.2, -0.15) is 0 Å². The predicted octanol–water partition coefficient (Wildman–Crippen LogP) is 1.46. The molecule has 0 amide bonds. The molecule has 0 aliphatic heterocycles. The Morgan fingerprint density at radius 1 is 0.844 bits per heavy atom. The van der Waals surface area contributed by atoms with Crippen LogP contribution in [0.2, 0.25) is 0 Å². The molecular weight excluding hydrogens is 418 g/mol. The zero-order valence-electron chi connectivity index (χ0n) is 17.4. The van der Waals surface area contributed by atoms with Crippen LogP contribution in [0.3, 0.4) is 0 Å². The van der Waals surface area contributed by atoms with Crippen molar-refractivity contribution in [1.82, 2.24) is 14.9 Å². The highest BCUT2D eigenvalue weighted by Crippen LogP contribution is 2.14. The average molecular weight is 443 g/mol. The third kappa shape index (κ3) is 8.26. The van der Waals surface area contributed by atoms with E-state index in [0.717, 1.165) is 42.5 Å².